The Bertz CT molecular complexity index is 607. The molecule has 0 aromatic heterocycles. The van der Waals surface area contributed by atoms with Crippen molar-refractivity contribution in [3.8, 4) is 0 Å². The van der Waals surface area contributed by atoms with Crippen molar-refractivity contribution >= 4 is 11.9 Å². The minimum absolute atomic E-state index is 0.126. The minimum atomic E-state index is -0.833. The van der Waals surface area contributed by atoms with Crippen LogP contribution < -0.4 is 5.32 Å². The number of carbonyl (C=O) groups excluding carboxylic acids is 1. The lowest BCUT2D eigenvalue weighted by molar-refractivity contribution is -0.134. The van der Waals surface area contributed by atoms with Crippen LogP contribution in [0.25, 0.3) is 0 Å². The highest BCUT2D eigenvalue weighted by Gasteiger charge is 2.47. The number of benzene rings is 1. The SMILES string of the molecule is CC(=O)O.O=C(CCc1cccc(F)c1)N[C@@H]1CO[C@H]2[C@@H]1OC[C@H]2O. The first-order chi connectivity index (χ1) is 11.9. The number of carboxylic acids is 1. The molecule has 0 spiro atoms. The molecule has 2 fully saturated rings. The Kier molecular flexibility index (Phi) is 6.86. The van der Waals surface area contributed by atoms with Gasteiger partial charge in [-0.05, 0) is 24.1 Å². The van der Waals surface area contributed by atoms with Gasteiger partial charge in [-0.2, -0.15) is 0 Å². The predicted molar refractivity (Wildman–Crippen MR) is 85.4 cm³/mol. The van der Waals surface area contributed by atoms with E-state index in [-0.39, 0.29) is 43.0 Å². The van der Waals surface area contributed by atoms with Gasteiger partial charge in [-0.1, -0.05) is 12.1 Å². The van der Waals surface area contributed by atoms with Gasteiger partial charge in [-0.25, -0.2) is 4.39 Å². The lowest BCUT2D eigenvalue weighted by Gasteiger charge is -2.17. The van der Waals surface area contributed by atoms with Gasteiger partial charge in [0, 0.05) is 13.3 Å². The van der Waals surface area contributed by atoms with Gasteiger partial charge in [0.15, 0.2) is 0 Å². The van der Waals surface area contributed by atoms with E-state index >= 15 is 0 Å². The van der Waals surface area contributed by atoms with Crippen molar-refractivity contribution in [3.05, 3.63) is 35.6 Å². The maximum Gasteiger partial charge on any atom is 0.300 e. The molecule has 1 aromatic carbocycles. The number of fused-ring (bicyclic) bond motifs is 1. The number of nitrogens with one attached hydrogen (secondary N) is 1. The fraction of sp³-hybridized carbons (Fsp3) is 0.529. The molecule has 2 aliphatic heterocycles. The molecule has 0 unspecified atom stereocenters. The molecular weight excluding hydrogens is 333 g/mol. The molecule has 2 heterocycles. The first kappa shape index (κ1) is 19.3. The van der Waals surface area contributed by atoms with E-state index < -0.39 is 12.1 Å². The molecule has 8 heteroatoms. The van der Waals surface area contributed by atoms with E-state index in [1.807, 2.05) is 0 Å². The van der Waals surface area contributed by atoms with Gasteiger partial charge in [0.1, 0.15) is 24.1 Å². The molecule has 0 bridgehead atoms. The summed E-state index contributed by atoms with van der Waals surface area (Å²) in [6.07, 6.45) is -0.491. The third kappa shape index (κ3) is 5.77. The molecule has 4 atom stereocenters. The molecule has 3 rings (SSSR count). The number of aryl methyl sites for hydroxylation is 1. The van der Waals surface area contributed by atoms with Gasteiger partial charge in [-0.3, -0.25) is 9.59 Å². The molecule has 1 aromatic rings. The number of hydrogen-bond donors (Lipinski definition) is 3. The van der Waals surface area contributed by atoms with Crippen LogP contribution in [0.1, 0.15) is 18.9 Å². The lowest BCUT2D eigenvalue weighted by Crippen LogP contribution is -2.44. The van der Waals surface area contributed by atoms with Crippen molar-refractivity contribution < 1.29 is 33.7 Å². The van der Waals surface area contributed by atoms with Crippen molar-refractivity contribution in [1.29, 1.82) is 0 Å². The summed E-state index contributed by atoms with van der Waals surface area (Å²) < 4.78 is 23.9. The standard InChI is InChI=1S/C15H18FNO4.C2H4O2/c16-10-3-1-2-9(6-10)4-5-13(19)17-11-7-20-15-12(18)8-21-14(11)15;1-2(3)4/h1-3,6,11-12,14-15,18H,4-5,7-8H2,(H,17,19);1H3,(H,3,4)/t11-,12-,14-,15-;/m1./s1. The first-order valence-corrected chi connectivity index (χ1v) is 8.01. The lowest BCUT2D eigenvalue weighted by atomic mass is 10.1. The van der Waals surface area contributed by atoms with Gasteiger partial charge < -0.3 is 25.0 Å². The summed E-state index contributed by atoms with van der Waals surface area (Å²) in [7, 11) is 0. The first-order valence-electron chi connectivity index (χ1n) is 8.01. The van der Waals surface area contributed by atoms with E-state index in [0.717, 1.165) is 12.5 Å². The summed E-state index contributed by atoms with van der Waals surface area (Å²) in [5.41, 5.74) is 0.790. The Balaban J connectivity index is 0.000000511. The van der Waals surface area contributed by atoms with Crippen molar-refractivity contribution in [1.82, 2.24) is 5.32 Å². The quantitative estimate of drug-likeness (QED) is 0.726. The maximum atomic E-state index is 13.0. The summed E-state index contributed by atoms with van der Waals surface area (Å²) in [5, 5.41) is 19.9. The predicted octanol–water partition coefficient (Wildman–Crippen LogP) is 0.492. The summed E-state index contributed by atoms with van der Waals surface area (Å²) >= 11 is 0. The molecule has 0 saturated carbocycles. The van der Waals surface area contributed by atoms with Crippen LogP contribution in [0.3, 0.4) is 0 Å². The third-order valence-electron chi connectivity index (χ3n) is 3.90. The second kappa shape index (κ2) is 8.89. The van der Waals surface area contributed by atoms with Gasteiger partial charge in [0.2, 0.25) is 5.91 Å². The van der Waals surface area contributed by atoms with Crippen LogP contribution in [0, 0.1) is 5.82 Å². The molecular formula is C17H22FNO6. The van der Waals surface area contributed by atoms with Crippen LogP contribution in [0.4, 0.5) is 4.39 Å². The second-order valence-electron chi connectivity index (χ2n) is 5.99. The Hall–Kier alpha value is -2.03. The van der Waals surface area contributed by atoms with E-state index in [0.29, 0.717) is 13.0 Å². The van der Waals surface area contributed by atoms with Crippen LogP contribution in [-0.4, -0.2) is 59.7 Å². The van der Waals surface area contributed by atoms with Crippen molar-refractivity contribution in [2.45, 2.75) is 44.1 Å². The number of amides is 1. The van der Waals surface area contributed by atoms with Crippen LogP contribution in [0.5, 0.6) is 0 Å². The Morgan fingerprint density at radius 3 is 2.64 bits per heavy atom. The Morgan fingerprint density at radius 1 is 1.28 bits per heavy atom. The van der Waals surface area contributed by atoms with Crippen LogP contribution in [-0.2, 0) is 25.5 Å². The molecule has 0 radical (unpaired) electrons. The summed E-state index contributed by atoms with van der Waals surface area (Å²) in [6, 6.07) is 6.00. The van der Waals surface area contributed by atoms with E-state index in [1.54, 1.807) is 12.1 Å². The average Bonchev–Trinajstić information content (AvgIpc) is 3.09. The summed E-state index contributed by atoms with van der Waals surface area (Å²) in [6.45, 7) is 1.67. The molecule has 138 valence electrons. The normalized spacial score (nSPS) is 27.2. The monoisotopic (exact) mass is 355 g/mol. The number of rotatable bonds is 4. The van der Waals surface area contributed by atoms with E-state index in [4.69, 9.17) is 19.4 Å². The van der Waals surface area contributed by atoms with E-state index in [2.05, 4.69) is 5.32 Å². The fourth-order valence-electron chi connectivity index (χ4n) is 2.83. The zero-order valence-electron chi connectivity index (χ0n) is 13.9. The Labute approximate surface area is 144 Å². The zero-order valence-corrected chi connectivity index (χ0v) is 13.9. The van der Waals surface area contributed by atoms with Gasteiger partial charge >= 0.3 is 0 Å². The molecule has 0 aliphatic carbocycles. The zero-order chi connectivity index (χ0) is 18.4. The number of aliphatic hydroxyl groups excluding tert-OH is 1. The smallest absolute Gasteiger partial charge is 0.300 e. The van der Waals surface area contributed by atoms with Crippen LogP contribution >= 0.6 is 0 Å². The van der Waals surface area contributed by atoms with Crippen LogP contribution in [0.2, 0.25) is 0 Å². The van der Waals surface area contributed by atoms with E-state index in [1.165, 1.54) is 12.1 Å². The van der Waals surface area contributed by atoms with Crippen molar-refractivity contribution in [3.63, 3.8) is 0 Å². The highest BCUT2D eigenvalue weighted by molar-refractivity contribution is 5.76. The molecule has 2 saturated heterocycles. The molecule has 25 heavy (non-hydrogen) atoms. The number of ether oxygens (including phenoxy) is 2. The second-order valence-corrected chi connectivity index (χ2v) is 5.99. The number of hydrogen-bond acceptors (Lipinski definition) is 5. The maximum absolute atomic E-state index is 13.0. The molecule has 2 aliphatic rings. The number of aliphatic hydroxyl groups is 1. The number of halogens is 1. The largest absolute Gasteiger partial charge is 0.481 e. The van der Waals surface area contributed by atoms with Crippen molar-refractivity contribution in [2.75, 3.05) is 13.2 Å². The minimum Gasteiger partial charge on any atom is -0.481 e. The number of carboxylic acid groups (broad SMARTS) is 1. The fourth-order valence-corrected chi connectivity index (χ4v) is 2.83. The van der Waals surface area contributed by atoms with Gasteiger partial charge in [0.25, 0.3) is 5.97 Å². The molecule has 7 nitrogen and oxygen atoms in total. The highest BCUT2D eigenvalue weighted by atomic mass is 19.1. The molecule has 3 N–H and O–H groups in total. The average molecular weight is 355 g/mol. The highest BCUT2D eigenvalue weighted by Crippen LogP contribution is 2.26. The third-order valence-corrected chi connectivity index (χ3v) is 3.90. The van der Waals surface area contributed by atoms with Gasteiger partial charge in [0.05, 0.1) is 19.3 Å². The number of aliphatic carboxylic acids is 1. The summed E-state index contributed by atoms with van der Waals surface area (Å²) in [5.74, 6) is -1.26. The van der Waals surface area contributed by atoms with Crippen molar-refractivity contribution in [2.24, 2.45) is 0 Å². The van der Waals surface area contributed by atoms with Crippen LogP contribution in [0.15, 0.2) is 24.3 Å². The number of carbonyl (C=O) groups is 2. The Morgan fingerprint density at radius 2 is 1.96 bits per heavy atom. The molecule has 1 amide bonds. The summed E-state index contributed by atoms with van der Waals surface area (Å²) in [4.78, 5) is 20.9. The van der Waals surface area contributed by atoms with E-state index in [9.17, 15) is 14.3 Å². The topological polar surface area (TPSA) is 105 Å². The van der Waals surface area contributed by atoms with Gasteiger partial charge in [-0.15, -0.1) is 0 Å².